The van der Waals surface area contributed by atoms with E-state index in [0.29, 0.717) is 0 Å². The molecule has 0 fully saturated rings. The Morgan fingerprint density at radius 1 is 0.453 bits per heavy atom. The zero-order chi connectivity index (χ0) is 34.7. The van der Waals surface area contributed by atoms with Crippen LogP contribution in [0.3, 0.4) is 0 Å². The van der Waals surface area contributed by atoms with Crippen molar-refractivity contribution in [3.63, 3.8) is 0 Å². The molecule has 10 aromatic rings. The third-order valence-corrected chi connectivity index (χ3v) is 11.6. The molecule has 2 aliphatic carbocycles. The zero-order valence-corrected chi connectivity index (χ0v) is 28.6. The van der Waals surface area contributed by atoms with Crippen LogP contribution in [0.15, 0.2) is 186 Å². The first-order valence-electron chi connectivity index (χ1n) is 18.2. The molecule has 0 N–H and O–H groups in total. The molecule has 2 heterocycles. The second-order valence-corrected chi connectivity index (χ2v) is 14.2. The standard InChI is InChI=1S/C50H30N2O/c1-2-12-34(13-3-1)52-45-20-10-9-19-44(45)51-49(52)32-24-22-31(23-25-32)33-26-27-36-35-14-4-7-17-40(35)50(43(36)30-33)41-18-8-5-16-39(41)47-42(50)29-28-38-37-15-6-11-21-46(37)53-48(38)47/h1-30H. The van der Waals surface area contributed by atoms with Crippen LogP contribution < -0.4 is 0 Å². The van der Waals surface area contributed by atoms with Crippen LogP contribution in [0.2, 0.25) is 0 Å². The molecule has 0 bridgehead atoms. The van der Waals surface area contributed by atoms with E-state index in [1.54, 1.807) is 0 Å². The molecule has 0 saturated carbocycles. The normalized spacial score (nSPS) is 15.2. The molecular weight excluding hydrogens is 645 g/mol. The Morgan fingerprint density at radius 2 is 1.11 bits per heavy atom. The van der Waals surface area contributed by atoms with E-state index >= 15 is 0 Å². The van der Waals surface area contributed by atoms with E-state index in [4.69, 9.17) is 9.40 Å². The van der Waals surface area contributed by atoms with E-state index in [0.717, 1.165) is 50.0 Å². The molecule has 1 spiro atoms. The first-order valence-corrected chi connectivity index (χ1v) is 18.2. The van der Waals surface area contributed by atoms with E-state index in [2.05, 4.69) is 187 Å². The summed E-state index contributed by atoms with van der Waals surface area (Å²) in [5.41, 5.74) is 18.3. The topological polar surface area (TPSA) is 31.0 Å². The summed E-state index contributed by atoms with van der Waals surface area (Å²) < 4.78 is 8.98. The number of para-hydroxylation sites is 4. The Labute approximate surface area is 306 Å². The van der Waals surface area contributed by atoms with Gasteiger partial charge >= 0.3 is 0 Å². The summed E-state index contributed by atoms with van der Waals surface area (Å²) in [4.78, 5) is 5.11. The lowest BCUT2D eigenvalue weighted by molar-refractivity contribution is 0.669. The Morgan fingerprint density at radius 3 is 1.98 bits per heavy atom. The van der Waals surface area contributed by atoms with Gasteiger partial charge in [0.1, 0.15) is 17.0 Å². The van der Waals surface area contributed by atoms with E-state index in [1.807, 2.05) is 0 Å². The van der Waals surface area contributed by atoms with Gasteiger partial charge in [-0.15, -0.1) is 0 Å². The first-order chi connectivity index (χ1) is 26.3. The molecule has 0 saturated heterocycles. The molecule has 1 atom stereocenters. The third-order valence-electron chi connectivity index (χ3n) is 11.6. The highest BCUT2D eigenvalue weighted by Gasteiger charge is 2.52. The lowest BCUT2D eigenvalue weighted by Gasteiger charge is -2.30. The van der Waals surface area contributed by atoms with Gasteiger partial charge in [-0.2, -0.15) is 0 Å². The van der Waals surface area contributed by atoms with Crippen LogP contribution in [0.25, 0.3) is 83.4 Å². The van der Waals surface area contributed by atoms with Crippen LogP contribution >= 0.6 is 0 Å². The van der Waals surface area contributed by atoms with Gasteiger partial charge in [0, 0.05) is 27.6 Å². The van der Waals surface area contributed by atoms with Gasteiger partial charge in [-0.05, 0) is 86.5 Å². The third kappa shape index (κ3) is 3.75. The van der Waals surface area contributed by atoms with Crippen molar-refractivity contribution in [2.24, 2.45) is 0 Å². The van der Waals surface area contributed by atoms with Crippen LogP contribution in [0.5, 0.6) is 0 Å². The predicted molar refractivity (Wildman–Crippen MR) is 216 cm³/mol. The number of rotatable bonds is 3. The first kappa shape index (κ1) is 28.7. The van der Waals surface area contributed by atoms with Gasteiger partial charge in [-0.25, -0.2) is 4.98 Å². The predicted octanol–water partition coefficient (Wildman–Crippen LogP) is 12.6. The van der Waals surface area contributed by atoms with Crippen LogP contribution in [0.1, 0.15) is 22.3 Å². The minimum Gasteiger partial charge on any atom is -0.455 e. The van der Waals surface area contributed by atoms with Gasteiger partial charge in [0.25, 0.3) is 0 Å². The minimum absolute atomic E-state index is 0.471. The summed E-state index contributed by atoms with van der Waals surface area (Å²) in [6.07, 6.45) is 0. The number of aromatic nitrogens is 2. The lowest BCUT2D eigenvalue weighted by atomic mass is 9.70. The molecule has 0 radical (unpaired) electrons. The summed E-state index contributed by atoms with van der Waals surface area (Å²) >= 11 is 0. The molecule has 8 aromatic carbocycles. The van der Waals surface area contributed by atoms with E-state index in [9.17, 15) is 0 Å². The van der Waals surface area contributed by atoms with Crippen LogP contribution in [-0.2, 0) is 5.41 Å². The maximum atomic E-state index is 6.72. The molecule has 0 aliphatic heterocycles. The number of imidazole rings is 1. The van der Waals surface area contributed by atoms with Crippen molar-refractivity contribution in [3.05, 3.63) is 204 Å². The molecule has 246 valence electrons. The number of hydrogen-bond donors (Lipinski definition) is 0. The fraction of sp³-hybridized carbons (Fsp3) is 0.0200. The minimum atomic E-state index is -0.471. The number of hydrogen-bond acceptors (Lipinski definition) is 2. The van der Waals surface area contributed by atoms with Crippen LogP contribution in [0, 0.1) is 0 Å². The van der Waals surface area contributed by atoms with Gasteiger partial charge in [-0.1, -0.05) is 146 Å². The number of fused-ring (bicyclic) bond motifs is 15. The van der Waals surface area contributed by atoms with Gasteiger partial charge in [0.15, 0.2) is 0 Å². The molecule has 12 rings (SSSR count). The summed E-state index contributed by atoms with van der Waals surface area (Å²) in [5.74, 6) is 0.934. The molecule has 0 amide bonds. The fourth-order valence-corrected chi connectivity index (χ4v) is 9.45. The number of furan rings is 1. The van der Waals surface area contributed by atoms with Gasteiger partial charge in [0.2, 0.25) is 0 Å². The lowest BCUT2D eigenvalue weighted by Crippen LogP contribution is -2.25. The second-order valence-electron chi connectivity index (χ2n) is 14.2. The SMILES string of the molecule is c1ccc(-n2c(-c3ccc(-c4ccc5c(c4)C4(c6ccccc6-5)c5ccccc5-c5c4ccc4c5oc5ccccc54)cc3)nc3ccccc32)cc1. The monoisotopic (exact) mass is 674 g/mol. The van der Waals surface area contributed by atoms with Crippen LogP contribution in [0.4, 0.5) is 0 Å². The zero-order valence-electron chi connectivity index (χ0n) is 28.6. The molecular formula is C50H30N2O. The van der Waals surface area contributed by atoms with Crippen molar-refractivity contribution in [1.82, 2.24) is 9.55 Å². The number of benzene rings is 8. The second kappa shape index (κ2) is 10.5. The highest BCUT2D eigenvalue weighted by Crippen LogP contribution is 2.64. The molecule has 2 aromatic heterocycles. The average molecular weight is 675 g/mol. The Kier molecular flexibility index (Phi) is 5.70. The van der Waals surface area contributed by atoms with Gasteiger partial charge in [0.05, 0.1) is 16.4 Å². The van der Waals surface area contributed by atoms with Crippen molar-refractivity contribution >= 4 is 33.0 Å². The molecule has 53 heavy (non-hydrogen) atoms. The average Bonchev–Trinajstić information content (AvgIpc) is 3.96. The van der Waals surface area contributed by atoms with Crippen molar-refractivity contribution in [2.75, 3.05) is 0 Å². The maximum Gasteiger partial charge on any atom is 0.145 e. The van der Waals surface area contributed by atoms with E-state index in [1.165, 1.54) is 55.6 Å². The largest absolute Gasteiger partial charge is 0.455 e. The number of nitrogens with zero attached hydrogens (tertiary/aromatic N) is 2. The highest BCUT2D eigenvalue weighted by molar-refractivity contribution is 6.13. The van der Waals surface area contributed by atoms with Crippen molar-refractivity contribution in [1.29, 1.82) is 0 Å². The molecule has 3 nitrogen and oxygen atoms in total. The van der Waals surface area contributed by atoms with Crippen molar-refractivity contribution in [3.8, 4) is 50.5 Å². The summed E-state index contributed by atoms with van der Waals surface area (Å²) in [6, 6.07) is 65.8. The van der Waals surface area contributed by atoms with Gasteiger partial charge < -0.3 is 4.42 Å². The molecule has 1 unspecified atom stereocenters. The molecule has 3 heteroatoms. The van der Waals surface area contributed by atoms with Crippen LogP contribution in [-0.4, -0.2) is 9.55 Å². The van der Waals surface area contributed by atoms with E-state index < -0.39 is 5.41 Å². The smallest absolute Gasteiger partial charge is 0.145 e. The summed E-state index contributed by atoms with van der Waals surface area (Å²) in [6.45, 7) is 0. The fourth-order valence-electron chi connectivity index (χ4n) is 9.45. The van der Waals surface area contributed by atoms with Crippen molar-refractivity contribution < 1.29 is 4.42 Å². The van der Waals surface area contributed by atoms with Gasteiger partial charge in [-0.3, -0.25) is 4.57 Å². The highest BCUT2D eigenvalue weighted by atomic mass is 16.3. The summed E-state index contributed by atoms with van der Waals surface area (Å²) in [7, 11) is 0. The Hall–Kier alpha value is -6.97. The molecule has 2 aliphatic rings. The Bertz CT molecular complexity index is 3110. The van der Waals surface area contributed by atoms with E-state index in [-0.39, 0.29) is 0 Å². The van der Waals surface area contributed by atoms with Crippen molar-refractivity contribution in [2.45, 2.75) is 5.41 Å². The Balaban J connectivity index is 1.06. The maximum absolute atomic E-state index is 6.72. The summed E-state index contributed by atoms with van der Waals surface area (Å²) in [5, 5.41) is 2.31. The quantitative estimate of drug-likeness (QED) is 0.187.